The number of rotatable bonds is 2. The third-order valence-corrected chi connectivity index (χ3v) is 5.72. The van der Waals surface area contributed by atoms with Gasteiger partial charge in [-0.1, -0.05) is 18.9 Å². The van der Waals surface area contributed by atoms with Crippen molar-refractivity contribution >= 4 is 0 Å². The third kappa shape index (κ3) is 2.47. The summed E-state index contributed by atoms with van der Waals surface area (Å²) in [7, 11) is 1.72. The second-order valence-corrected chi connectivity index (χ2v) is 6.74. The van der Waals surface area contributed by atoms with E-state index in [1.807, 2.05) is 0 Å². The summed E-state index contributed by atoms with van der Waals surface area (Å²) in [6.45, 7) is 5.20. The van der Waals surface area contributed by atoms with E-state index in [1.54, 1.807) is 7.11 Å². The van der Waals surface area contributed by atoms with Crippen LogP contribution in [0.4, 0.5) is 0 Å². The maximum absolute atomic E-state index is 11.0. The van der Waals surface area contributed by atoms with Gasteiger partial charge >= 0.3 is 0 Å². The minimum absolute atomic E-state index is 0.272. The van der Waals surface area contributed by atoms with Gasteiger partial charge in [-0.15, -0.1) is 0 Å². The molecule has 0 unspecified atom stereocenters. The molecule has 1 heterocycles. The molecule has 2 fully saturated rings. The Balaban J connectivity index is 1.97. The number of nitrogens with one attached hydrogen (secondary N) is 1. The molecule has 3 atom stereocenters. The van der Waals surface area contributed by atoms with Crippen molar-refractivity contribution in [2.75, 3.05) is 13.7 Å². The molecule has 0 amide bonds. The second kappa shape index (κ2) is 5.62. The Kier molecular flexibility index (Phi) is 3.98. The Labute approximate surface area is 127 Å². The van der Waals surface area contributed by atoms with Gasteiger partial charge in [0.25, 0.3) is 0 Å². The molecular weight excluding hydrogens is 262 g/mol. The topological polar surface area (TPSA) is 41.5 Å². The summed E-state index contributed by atoms with van der Waals surface area (Å²) in [6, 6.07) is 4.52. The van der Waals surface area contributed by atoms with Gasteiger partial charge in [-0.3, -0.25) is 0 Å². The molecule has 1 aromatic rings. The van der Waals surface area contributed by atoms with Gasteiger partial charge in [-0.2, -0.15) is 0 Å². The van der Waals surface area contributed by atoms with Crippen LogP contribution in [-0.2, 0) is 0 Å². The molecule has 116 valence electrons. The van der Waals surface area contributed by atoms with Crippen molar-refractivity contribution in [3.63, 3.8) is 0 Å². The Morgan fingerprint density at radius 1 is 1.19 bits per heavy atom. The van der Waals surface area contributed by atoms with Gasteiger partial charge in [0, 0.05) is 12.0 Å². The highest BCUT2D eigenvalue weighted by Crippen LogP contribution is 2.46. The Morgan fingerprint density at radius 3 is 2.76 bits per heavy atom. The first kappa shape index (κ1) is 14.9. The van der Waals surface area contributed by atoms with E-state index in [4.69, 9.17) is 4.74 Å². The standard InChI is InChI=1S/C18H27NO2/c1-12-13(2)16(21-3)8-7-14(12)17-15-6-4-5-9-18(15,20)10-11-19-17/h7-8,15,17,19-20H,4-6,9-11H2,1-3H3/t15-,17-,18-/m0/s1. The van der Waals surface area contributed by atoms with E-state index in [0.717, 1.165) is 31.6 Å². The van der Waals surface area contributed by atoms with E-state index in [-0.39, 0.29) is 6.04 Å². The SMILES string of the molecule is COc1ccc([C@@H]2NCC[C@@]3(O)CCCC[C@@H]23)c(C)c1C. The lowest BCUT2D eigenvalue weighted by atomic mass is 9.66. The van der Waals surface area contributed by atoms with Crippen LogP contribution in [0.3, 0.4) is 0 Å². The van der Waals surface area contributed by atoms with Crippen LogP contribution in [0.5, 0.6) is 5.75 Å². The second-order valence-electron chi connectivity index (χ2n) is 6.74. The summed E-state index contributed by atoms with van der Waals surface area (Å²) in [6.07, 6.45) is 5.38. The quantitative estimate of drug-likeness (QED) is 0.878. The van der Waals surface area contributed by atoms with Gasteiger partial charge in [-0.05, 0) is 62.4 Å². The number of methoxy groups -OCH3 is 1. The Morgan fingerprint density at radius 2 is 2.00 bits per heavy atom. The Bertz CT molecular complexity index is 524. The van der Waals surface area contributed by atoms with Crippen molar-refractivity contribution in [1.29, 1.82) is 0 Å². The molecule has 0 aromatic heterocycles. The lowest BCUT2D eigenvalue weighted by molar-refractivity contribution is -0.0862. The van der Waals surface area contributed by atoms with E-state index < -0.39 is 5.60 Å². The van der Waals surface area contributed by atoms with Crippen LogP contribution >= 0.6 is 0 Å². The van der Waals surface area contributed by atoms with E-state index in [1.165, 1.54) is 29.5 Å². The van der Waals surface area contributed by atoms with Crippen LogP contribution < -0.4 is 10.1 Å². The summed E-state index contributed by atoms with van der Waals surface area (Å²) in [5.74, 6) is 1.29. The summed E-state index contributed by atoms with van der Waals surface area (Å²) in [5, 5.41) is 14.7. The van der Waals surface area contributed by atoms with Crippen LogP contribution in [0.15, 0.2) is 12.1 Å². The Hall–Kier alpha value is -1.06. The molecular formula is C18H27NO2. The smallest absolute Gasteiger partial charge is 0.122 e. The zero-order valence-corrected chi connectivity index (χ0v) is 13.4. The largest absolute Gasteiger partial charge is 0.496 e. The van der Waals surface area contributed by atoms with Gasteiger partial charge in [0.05, 0.1) is 12.7 Å². The van der Waals surface area contributed by atoms with Crippen LogP contribution in [0, 0.1) is 19.8 Å². The highest BCUT2D eigenvalue weighted by molar-refractivity contribution is 5.45. The number of benzene rings is 1. The first-order chi connectivity index (χ1) is 10.1. The van der Waals surface area contributed by atoms with Crippen LogP contribution in [0.2, 0.25) is 0 Å². The van der Waals surface area contributed by atoms with Gasteiger partial charge in [0.1, 0.15) is 5.75 Å². The molecule has 3 rings (SSSR count). The number of hydrogen-bond acceptors (Lipinski definition) is 3. The average molecular weight is 289 g/mol. The fourth-order valence-corrected chi connectivity index (χ4v) is 4.32. The maximum Gasteiger partial charge on any atom is 0.122 e. The molecule has 0 bridgehead atoms. The minimum Gasteiger partial charge on any atom is -0.496 e. The molecule has 3 nitrogen and oxygen atoms in total. The van der Waals surface area contributed by atoms with E-state index >= 15 is 0 Å². The van der Waals surface area contributed by atoms with Crippen molar-refractivity contribution in [2.45, 2.75) is 57.6 Å². The fraction of sp³-hybridized carbons (Fsp3) is 0.667. The van der Waals surface area contributed by atoms with E-state index in [9.17, 15) is 5.11 Å². The lowest BCUT2D eigenvalue weighted by Gasteiger charge is -2.48. The van der Waals surface area contributed by atoms with Crippen molar-refractivity contribution < 1.29 is 9.84 Å². The summed E-state index contributed by atoms with van der Waals surface area (Å²) in [4.78, 5) is 0. The van der Waals surface area contributed by atoms with Crippen molar-refractivity contribution in [2.24, 2.45) is 5.92 Å². The number of ether oxygens (including phenoxy) is 1. The molecule has 1 saturated heterocycles. The monoisotopic (exact) mass is 289 g/mol. The first-order valence-electron chi connectivity index (χ1n) is 8.16. The third-order valence-electron chi connectivity index (χ3n) is 5.72. The van der Waals surface area contributed by atoms with Crippen LogP contribution in [0.25, 0.3) is 0 Å². The van der Waals surface area contributed by atoms with Crippen molar-refractivity contribution in [3.8, 4) is 5.75 Å². The molecule has 2 N–H and O–H groups in total. The predicted molar refractivity (Wildman–Crippen MR) is 84.7 cm³/mol. The molecule has 1 aliphatic heterocycles. The van der Waals surface area contributed by atoms with Crippen molar-refractivity contribution in [3.05, 3.63) is 28.8 Å². The van der Waals surface area contributed by atoms with E-state index in [0.29, 0.717) is 5.92 Å². The molecule has 1 saturated carbocycles. The molecule has 0 spiro atoms. The zero-order chi connectivity index (χ0) is 15.0. The van der Waals surface area contributed by atoms with Gasteiger partial charge in [0.2, 0.25) is 0 Å². The molecule has 3 heteroatoms. The maximum atomic E-state index is 11.0. The van der Waals surface area contributed by atoms with Gasteiger partial charge < -0.3 is 15.2 Å². The lowest BCUT2D eigenvalue weighted by Crippen LogP contribution is -2.53. The summed E-state index contributed by atoms with van der Waals surface area (Å²) < 4.78 is 5.42. The predicted octanol–water partition coefficient (Wildman–Crippen LogP) is 3.27. The number of piperidine rings is 1. The highest BCUT2D eigenvalue weighted by Gasteiger charge is 2.46. The normalized spacial score (nSPS) is 32.6. The first-order valence-corrected chi connectivity index (χ1v) is 8.16. The summed E-state index contributed by atoms with van der Waals surface area (Å²) >= 11 is 0. The van der Waals surface area contributed by atoms with Gasteiger partial charge in [0.15, 0.2) is 0 Å². The number of fused-ring (bicyclic) bond motifs is 1. The molecule has 0 radical (unpaired) electrons. The van der Waals surface area contributed by atoms with Crippen LogP contribution in [0.1, 0.15) is 54.8 Å². The molecule has 1 aliphatic carbocycles. The van der Waals surface area contributed by atoms with Crippen LogP contribution in [-0.4, -0.2) is 24.4 Å². The molecule has 1 aromatic carbocycles. The zero-order valence-electron chi connectivity index (χ0n) is 13.4. The van der Waals surface area contributed by atoms with E-state index in [2.05, 4.69) is 31.3 Å². The fourth-order valence-electron chi connectivity index (χ4n) is 4.32. The van der Waals surface area contributed by atoms with Gasteiger partial charge in [-0.25, -0.2) is 0 Å². The number of hydrogen-bond donors (Lipinski definition) is 2. The summed E-state index contributed by atoms with van der Waals surface area (Å²) in [5.41, 5.74) is 3.37. The number of aliphatic hydroxyl groups is 1. The minimum atomic E-state index is -0.464. The van der Waals surface area contributed by atoms with Crippen molar-refractivity contribution in [1.82, 2.24) is 5.32 Å². The highest BCUT2D eigenvalue weighted by atomic mass is 16.5. The molecule has 2 aliphatic rings. The average Bonchev–Trinajstić information content (AvgIpc) is 2.49. The molecule has 21 heavy (non-hydrogen) atoms.